The zero-order valence-corrected chi connectivity index (χ0v) is 38.6. The Morgan fingerprint density at radius 3 is 1.76 bits per heavy atom. The van der Waals surface area contributed by atoms with Crippen molar-refractivity contribution in [3.8, 4) is 5.75 Å². The van der Waals surface area contributed by atoms with Crippen molar-refractivity contribution in [1.82, 2.24) is 47.2 Å². The Balaban J connectivity index is 1.81. The second-order valence-corrected chi connectivity index (χ2v) is 16.1. The number of aromatic amines is 1. The summed E-state index contributed by atoms with van der Waals surface area (Å²) in [6, 6.07) is 2.77. The largest absolute Gasteiger partial charge is 0.508 e. The highest BCUT2D eigenvalue weighted by Gasteiger charge is 2.34. The molecule has 2 aromatic carbocycles. The molecule has 0 aliphatic carbocycles. The summed E-state index contributed by atoms with van der Waals surface area (Å²) in [5.74, 6) is -12.0. The normalized spacial score (nSPS) is 13.7. The number of carboxylic acids is 3. The Morgan fingerprint density at radius 2 is 1.18 bits per heavy atom. The van der Waals surface area contributed by atoms with Gasteiger partial charge in [-0.05, 0) is 42.5 Å². The van der Waals surface area contributed by atoms with E-state index in [1.807, 2.05) is 0 Å². The van der Waals surface area contributed by atoms with Crippen molar-refractivity contribution in [3.63, 3.8) is 0 Å². The van der Waals surface area contributed by atoms with Gasteiger partial charge in [0, 0.05) is 44.1 Å². The van der Waals surface area contributed by atoms with E-state index in [9.17, 15) is 68.4 Å². The van der Waals surface area contributed by atoms with Gasteiger partial charge in [-0.2, -0.15) is 0 Å². The third kappa shape index (κ3) is 20.9. The number of phenols is 1. The molecule has 1 heterocycles. The molecule has 28 nitrogen and oxygen atoms in total. The fourth-order valence-electron chi connectivity index (χ4n) is 6.62. The first-order chi connectivity index (χ1) is 34.1. The molecular weight excluding hydrogens is 951 g/mol. The number of nitrogens with two attached hydrogens (primary N) is 3. The van der Waals surface area contributed by atoms with Gasteiger partial charge < -0.3 is 84.9 Å². The van der Waals surface area contributed by atoms with E-state index >= 15 is 0 Å². The van der Waals surface area contributed by atoms with E-state index in [4.69, 9.17) is 22.3 Å². The van der Waals surface area contributed by atoms with Crippen molar-refractivity contribution in [2.45, 2.75) is 93.7 Å². The molecule has 0 aliphatic rings. The number of aliphatic carboxylic acids is 3. The number of hydrogen-bond acceptors (Lipinski definition) is 15. The number of nitrogens with one attached hydrogen (secondary N) is 8. The molecule has 0 aliphatic heterocycles. The van der Waals surface area contributed by atoms with Gasteiger partial charge in [-0.25, -0.2) is 9.78 Å². The van der Waals surface area contributed by atoms with Crippen LogP contribution in [0.25, 0.3) is 0 Å². The van der Waals surface area contributed by atoms with Crippen molar-refractivity contribution in [2.75, 3.05) is 19.7 Å². The summed E-state index contributed by atoms with van der Waals surface area (Å²) in [6.07, 6.45) is -0.0349. The van der Waals surface area contributed by atoms with Crippen LogP contribution in [0.2, 0.25) is 0 Å². The maximum atomic E-state index is 14.2. The summed E-state index contributed by atoms with van der Waals surface area (Å²) in [4.78, 5) is 140. The number of carbonyl (C=O) groups is 10. The van der Waals surface area contributed by atoms with E-state index < -0.39 is 128 Å². The highest BCUT2D eigenvalue weighted by molar-refractivity contribution is 5.98. The Hall–Kier alpha value is -8.66. The molecule has 3 rings (SSSR count). The molecule has 0 spiro atoms. The number of nitrogens with zero attached hydrogens (tertiary/aromatic N) is 2. The predicted octanol–water partition coefficient (Wildman–Crippen LogP) is -5.03. The number of benzene rings is 2. The third-order valence-electron chi connectivity index (χ3n) is 10.4. The maximum absolute atomic E-state index is 14.2. The zero-order chi connectivity index (χ0) is 53.3. The molecule has 3 aromatic rings. The molecule has 19 N–H and O–H groups in total. The minimum Gasteiger partial charge on any atom is -0.508 e. The quantitative estimate of drug-likeness (QED) is 0.0163. The number of aliphatic imine (C=N–C) groups is 1. The third-order valence-corrected chi connectivity index (χ3v) is 10.4. The van der Waals surface area contributed by atoms with Gasteiger partial charge in [0.15, 0.2) is 5.96 Å². The minimum absolute atomic E-state index is 0.0258. The standard InChI is InChI=1S/C44H59N13O15/c45-27(12-13-35(61)62)37(65)54-29(15-23-5-2-1-3-6-23)40(68)53-28(7-4-14-49-44(46)47)39(67)55-30(17-25-19-48-22-51-25)41(69)56-31(18-36(63)64)42(70)57-33(21-58)38(66)50-20-34(60)52-32(43(71)72)16-24-8-10-26(59)11-9-24/h1-3,5-6,8-11,19,22,27-33,58-59H,4,7,12-18,20-21,45H2,(H,48,51)(H,50,66)(H,52,60)(H,53,68)(H,54,65)(H,55,67)(H,56,69)(H,57,70)(H,61,62)(H,63,64)(H,71,72)(H4,46,47,49). The summed E-state index contributed by atoms with van der Waals surface area (Å²) in [5, 5.41) is 64.1. The average molecular weight is 1010 g/mol. The lowest BCUT2D eigenvalue weighted by molar-refractivity contribution is -0.142. The lowest BCUT2D eigenvalue weighted by atomic mass is 10.0. The number of rotatable bonds is 31. The lowest BCUT2D eigenvalue weighted by Gasteiger charge is -2.27. The van der Waals surface area contributed by atoms with Crippen LogP contribution in [0.5, 0.6) is 5.75 Å². The molecule has 0 bridgehead atoms. The van der Waals surface area contributed by atoms with Crippen molar-refractivity contribution >= 4 is 65.2 Å². The summed E-state index contributed by atoms with van der Waals surface area (Å²) in [5.41, 5.74) is 18.1. The molecule has 28 heteroatoms. The van der Waals surface area contributed by atoms with Crippen LogP contribution in [0.3, 0.4) is 0 Å². The monoisotopic (exact) mass is 1010 g/mol. The highest BCUT2D eigenvalue weighted by atomic mass is 16.4. The number of amides is 7. The topological polar surface area (TPSA) is 475 Å². The number of hydrogen-bond donors (Lipinski definition) is 16. The molecular formula is C44H59N13O15. The number of carboxylic acid groups (broad SMARTS) is 3. The van der Waals surface area contributed by atoms with E-state index in [0.717, 1.165) is 0 Å². The number of H-pyrrole nitrogens is 1. The summed E-state index contributed by atoms with van der Waals surface area (Å²) < 4.78 is 0. The van der Waals surface area contributed by atoms with Crippen molar-refractivity contribution in [2.24, 2.45) is 22.2 Å². The highest BCUT2D eigenvalue weighted by Crippen LogP contribution is 2.12. The van der Waals surface area contributed by atoms with E-state index in [2.05, 4.69) is 52.2 Å². The van der Waals surface area contributed by atoms with E-state index in [1.54, 1.807) is 30.3 Å². The van der Waals surface area contributed by atoms with Gasteiger partial charge >= 0.3 is 17.9 Å². The zero-order valence-electron chi connectivity index (χ0n) is 38.6. The Kier molecular flexibility index (Phi) is 23.5. The van der Waals surface area contributed by atoms with Crippen LogP contribution in [-0.4, -0.2) is 163 Å². The summed E-state index contributed by atoms with van der Waals surface area (Å²) in [6.45, 7) is -1.97. The van der Waals surface area contributed by atoms with Crippen LogP contribution < -0.4 is 54.4 Å². The lowest BCUT2D eigenvalue weighted by Crippen LogP contribution is -2.60. The number of guanidine groups is 1. The number of carbonyl (C=O) groups excluding carboxylic acids is 7. The minimum atomic E-state index is -1.98. The molecule has 7 unspecified atom stereocenters. The van der Waals surface area contributed by atoms with E-state index in [-0.39, 0.29) is 62.5 Å². The van der Waals surface area contributed by atoms with Crippen LogP contribution >= 0.6 is 0 Å². The molecule has 72 heavy (non-hydrogen) atoms. The second-order valence-electron chi connectivity index (χ2n) is 16.1. The van der Waals surface area contributed by atoms with Crippen LogP contribution in [0.1, 0.15) is 48.9 Å². The van der Waals surface area contributed by atoms with Crippen LogP contribution in [0, 0.1) is 0 Å². The number of aliphatic hydroxyl groups excluding tert-OH is 1. The molecule has 0 saturated carbocycles. The first-order valence-electron chi connectivity index (χ1n) is 22.1. The maximum Gasteiger partial charge on any atom is 0.326 e. The van der Waals surface area contributed by atoms with Crippen molar-refractivity contribution in [1.29, 1.82) is 0 Å². The number of aromatic hydroxyl groups is 1. The van der Waals surface area contributed by atoms with Gasteiger partial charge in [0.2, 0.25) is 41.4 Å². The van der Waals surface area contributed by atoms with Gasteiger partial charge in [0.25, 0.3) is 0 Å². The molecule has 0 radical (unpaired) electrons. The molecule has 0 fully saturated rings. The predicted molar refractivity (Wildman–Crippen MR) is 251 cm³/mol. The molecule has 1 aromatic heterocycles. The van der Waals surface area contributed by atoms with Gasteiger partial charge in [-0.1, -0.05) is 42.5 Å². The summed E-state index contributed by atoms with van der Waals surface area (Å²) >= 11 is 0. The number of aliphatic hydroxyl groups is 1. The first-order valence-corrected chi connectivity index (χ1v) is 22.1. The van der Waals surface area contributed by atoms with Crippen LogP contribution in [-0.2, 0) is 67.2 Å². The number of phenolic OH excluding ortho intramolecular Hbond substituents is 1. The van der Waals surface area contributed by atoms with E-state index in [1.165, 1.54) is 36.8 Å². The van der Waals surface area contributed by atoms with E-state index in [0.29, 0.717) is 11.1 Å². The SMILES string of the molecule is NC(N)=NCCCC(NC(=O)C(Cc1ccccc1)NC(=O)C(N)CCC(=O)O)C(=O)NC(Cc1cnc[nH]1)C(=O)NC(CC(=O)O)C(=O)NC(CO)C(=O)NCC(=O)NC(Cc1ccc(O)cc1)C(=O)O. The Morgan fingerprint density at radius 1 is 0.625 bits per heavy atom. The van der Waals surface area contributed by atoms with Gasteiger partial charge in [-0.3, -0.25) is 48.1 Å². The van der Waals surface area contributed by atoms with Gasteiger partial charge in [0.1, 0.15) is 42.0 Å². The second kappa shape index (κ2) is 29.4. The Bertz CT molecular complexity index is 2370. The molecule has 0 saturated heterocycles. The van der Waals surface area contributed by atoms with Gasteiger partial charge in [0.05, 0.1) is 31.9 Å². The number of imidazole rings is 1. The fraction of sp³-hybridized carbons (Fsp3) is 0.409. The first kappa shape index (κ1) is 57.7. The molecule has 7 amide bonds. The van der Waals surface area contributed by atoms with Crippen molar-refractivity contribution in [3.05, 3.63) is 83.9 Å². The molecule has 390 valence electrons. The van der Waals surface area contributed by atoms with Crippen molar-refractivity contribution < 1.29 is 73.5 Å². The van der Waals surface area contributed by atoms with Gasteiger partial charge in [-0.15, -0.1) is 0 Å². The average Bonchev–Trinajstić information content (AvgIpc) is 3.85. The Labute approximate surface area is 410 Å². The van der Waals surface area contributed by atoms with Crippen LogP contribution in [0.4, 0.5) is 0 Å². The fourth-order valence-corrected chi connectivity index (χ4v) is 6.62. The smallest absolute Gasteiger partial charge is 0.326 e. The number of aromatic nitrogens is 2. The molecule has 7 atom stereocenters. The van der Waals surface area contributed by atoms with Crippen LogP contribution in [0.15, 0.2) is 72.1 Å². The summed E-state index contributed by atoms with van der Waals surface area (Å²) in [7, 11) is 0.